The maximum absolute atomic E-state index is 13.0. The van der Waals surface area contributed by atoms with E-state index in [0.717, 1.165) is 25.9 Å². The van der Waals surface area contributed by atoms with Crippen molar-refractivity contribution >= 4 is 34.0 Å². The molecule has 0 atom stereocenters. The molecule has 11 nitrogen and oxygen atoms in total. The molecule has 2 heterocycles. The van der Waals surface area contributed by atoms with Crippen molar-refractivity contribution < 1.29 is 45.3 Å². The van der Waals surface area contributed by atoms with Gasteiger partial charge in [-0.05, 0) is 50.2 Å². The van der Waals surface area contributed by atoms with Crippen molar-refractivity contribution in [3.05, 3.63) is 52.7 Å². The lowest BCUT2D eigenvalue weighted by Crippen LogP contribution is -2.43. The van der Waals surface area contributed by atoms with E-state index in [2.05, 4.69) is 14.6 Å². The van der Waals surface area contributed by atoms with Crippen LogP contribution in [0, 0.1) is 0 Å². The van der Waals surface area contributed by atoms with Gasteiger partial charge in [0.05, 0.1) is 12.2 Å². The van der Waals surface area contributed by atoms with Crippen molar-refractivity contribution in [2.45, 2.75) is 19.0 Å². The lowest BCUT2D eigenvalue weighted by atomic mass is 10.1. The highest BCUT2D eigenvalue weighted by Gasteiger charge is 2.32. The third-order valence-electron chi connectivity index (χ3n) is 5.63. The predicted octanol–water partition coefficient (Wildman–Crippen LogP) is 4.24. The van der Waals surface area contributed by atoms with Crippen LogP contribution in [-0.4, -0.2) is 77.5 Å². The molecule has 1 aliphatic heterocycles. The zero-order valence-electron chi connectivity index (χ0n) is 22.1. The van der Waals surface area contributed by atoms with Gasteiger partial charge in [0.1, 0.15) is 29.7 Å². The Balaban J connectivity index is 1.61. The fourth-order valence-corrected chi connectivity index (χ4v) is 4.57. The van der Waals surface area contributed by atoms with Crippen LogP contribution in [0.1, 0.15) is 24.0 Å². The molecule has 0 unspecified atom stereocenters. The van der Waals surface area contributed by atoms with Gasteiger partial charge in [-0.1, -0.05) is 17.7 Å². The quantitative estimate of drug-likeness (QED) is 0.297. The molecule has 1 fully saturated rings. The number of benzene rings is 1. The molecular weight excluding hydrogens is 593 g/mol. The van der Waals surface area contributed by atoms with Crippen LogP contribution in [0.15, 0.2) is 36.5 Å². The fraction of sp³-hybridized carbons (Fsp3) is 0.440. The minimum absolute atomic E-state index is 0.125. The summed E-state index contributed by atoms with van der Waals surface area (Å²) in [4.78, 5) is 17.7. The number of nitrogens with one attached hydrogen (secondary N) is 2. The number of alkyl halides is 3. The Labute approximate surface area is 240 Å². The largest absolute Gasteiger partial charge is 0.491 e. The molecule has 3 rings (SSSR count). The molecule has 1 aliphatic rings. The van der Waals surface area contributed by atoms with Crippen molar-refractivity contribution in [3.8, 4) is 17.4 Å². The molecule has 0 bridgehead atoms. The van der Waals surface area contributed by atoms with E-state index in [1.165, 1.54) is 25.3 Å². The Bertz CT molecular complexity index is 1310. The number of carbonyl (C=O) groups excluding carboxylic acids is 1. The van der Waals surface area contributed by atoms with Crippen LogP contribution < -0.4 is 18.9 Å². The van der Waals surface area contributed by atoms with E-state index in [0.29, 0.717) is 36.7 Å². The first kappa shape index (κ1) is 32.4. The second-order valence-corrected chi connectivity index (χ2v) is 10.6. The monoisotopic (exact) mass is 622 g/mol. The van der Waals surface area contributed by atoms with Gasteiger partial charge in [-0.25, -0.2) is 14.5 Å². The van der Waals surface area contributed by atoms with Gasteiger partial charge < -0.3 is 23.8 Å². The third-order valence-corrected chi connectivity index (χ3v) is 6.92. The number of hydrogen-bond acceptors (Lipinski definition) is 9. The maximum Gasteiger partial charge on any atom is 0.422 e. The first-order valence-electron chi connectivity index (χ1n) is 12.5. The number of amides is 1. The molecule has 2 aromatic rings. The van der Waals surface area contributed by atoms with E-state index in [4.69, 9.17) is 30.5 Å². The number of likely N-dealkylation sites (tertiary alicyclic amines) is 1. The summed E-state index contributed by atoms with van der Waals surface area (Å²) in [5.74, 6) is 0.219. The highest BCUT2D eigenvalue weighted by Crippen LogP contribution is 2.36. The zero-order chi connectivity index (χ0) is 29.9. The summed E-state index contributed by atoms with van der Waals surface area (Å²) < 4.78 is 88.2. The highest BCUT2D eigenvalue weighted by atomic mass is 35.5. The summed E-state index contributed by atoms with van der Waals surface area (Å²) >= 11 is 5.98. The molecule has 1 aromatic heterocycles. The number of carbonyl (C=O) groups is 1. The molecule has 1 amide bonds. The van der Waals surface area contributed by atoms with Crippen LogP contribution >= 0.6 is 11.6 Å². The van der Waals surface area contributed by atoms with Gasteiger partial charge in [0, 0.05) is 38.0 Å². The molecule has 0 saturated carbocycles. The van der Waals surface area contributed by atoms with Crippen LogP contribution in [-0.2, 0) is 25.9 Å². The Morgan fingerprint density at radius 3 is 2.63 bits per heavy atom. The summed E-state index contributed by atoms with van der Waals surface area (Å²) in [5.41, 5.74) is -0.632. The third kappa shape index (κ3) is 11.0. The first-order valence-corrected chi connectivity index (χ1v) is 14.3. The average Bonchev–Trinajstić information content (AvgIpc) is 3.41. The van der Waals surface area contributed by atoms with E-state index in [1.807, 2.05) is 0 Å². The van der Waals surface area contributed by atoms with Crippen molar-refractivity contribution in [1.82, 2.24) is 19.3 Å². The molecule has 41 heavy (non-hydrogen) atoms. The molecule has 0 radical (unpaired) electrons. The minimum Gasteiger partial charge on any atom is -0.491 e. The van der Waals surface area contributed by atoms with E-state index in [1.54, 1.807) is 16.9 Å². The number of hydrogen-bond donors (Lipinski definition) is 2. The van der Waals surface area contributed by atoms with Crippen molar-refractivity contribution in [2.24, 2.45) is 0 Å². The number of methoxy groups -OCH3 is 1. The number of rotatable bonds is 14. The average molecular weight is 623 g/mol. The lowest BCUT2D eigenvalue weighted by Gasteiger charge is -2.15. The maximum atomic E-state index is 13.0. The molecule has 16 heteroatoms. The second kappa shape index (κ2) is 15.2. The van der Waals surface area contributed by atoms with Crippen molar-refractivity contribution in [3.63, 3.8) is 0 Å². The lowest BCUT2D eigenvalue weighted by molar-refractivity contribution is -0.137. The van der Waals surface area contributed by atoms with Crippen molar-refractivity contribution in [1.29, 1.82) is 0 Å². The van der Waals surface area contributed by atoms with Crippen LogP contribution in [0.5, 0.6) is 17.4 Å². The van der Waals surface area contributed by atoms with Gasteiger partial charge in [0.15, 0.2) is 0 Å². The normalized spacial score (nSPS) is 14.4. The van der Waals surface area contributed by atoms with E-state index >= 15 is 0 Å². The number of nitrogens with zero attached hydrogens (tertiary/aromatic N) is 2. The molecule has 1 saturated heterocycles. The van der Waals surface area contributed by atoms with Gasteiger partial charge in [-0.15, -0.1) is 0 Å². The van der Waals surface area contributed by atoms with Gasteiger partial charge in [-0.2, -0.15) is 26.3 Å². The molecule has 226 valence electrons. The smallest absolute Gasteiger partial charge is 0.422 e. The molecular formula is C25H30ClF3N4O7S. The van der Waals surface area contributed by atoms with Crippen LogP contribution in [0.4, 0.5) is 18.0 Å². The Kier molecular flexibility index (Phi) is 12.0. The summed E-state index contributed by atoms with van der Waals surface area (Å²) in [6.45, 7) is 2.73. The second-order valence-electron chi connectivity index (χ2n) is 8.70. The van der Waals surface area contributed by atoms with E-state index < -0.39 is 28.0 Å². The van der Waals surface area contributed by atoms with Gasteiger partial charge >= 0.3 is 22.5 Å². The number of pyridine rings is 1. The Morgan fingerprint density at radius 1 is 1.20 bits per heavy atom. The van der Waals surface area contributed by atoms with Gasteiger partial charge in [-0.3, -0.25) is 0 Å². The summed E-state index contributed by atoms with van der Waals surface area (Å²) in [7, 11) is -2.58. The highest BCUT2D eigenvalue weighted by molar-refractivity contribution is 7.88. The summed E-state index contributed by atoms with van der Waals surface area (Å²) in [6, 6.07) is 5.36. The molecule has 0 spiro atoms. The molecule has 0 aliphatic carbocycles. The van der Waals surface area contributed by atoms with E-state index in [9.17, 15) is 26.4 Å². The van der Waals surface area contributed by atoms with Crippen LogP contribution in [0.2, 0.25) is 5.02 Å². The molecule has 1 aromatic carbocycles. The Morgan fingerprint density at radius 2 is 1.95 bits per heavy atom. The van der Waals surface area contributed by atoms with Gasteiger partial charge in [0.25, 0.3) is 0 Å². The topological polar surface area (TPSA) is 128 Å². The zero-order valence-corrected chi connectivity index (χ0v) is 23.7. The number of ether oxygens (including phenoxy) is 4. The van der Waals surface area contributed by atoms with Crippen LogP contribution in [0.25, 0.3) is 6.08 Å². The standard InChI is InChI=1S/C25H30ClF3N4O7S/c1-37-13-14-38-20-7-6-18(22(16-20)40-23-21(26)15-19(17-30-23)25(27,28)29)5-4-12-39-24(34)32-41(35,36)31-8-11-33-9-2-3-10-33/h4-7,15-17,31H,2-3,8-14H2,1H3,(H,32,34). The number of aromatic nitrogens is 1. The van der Waals surface area contributed by atoms with Gasteiger partial charge in [0.2, 0.25) is 5.88 Å². The van der Waals surface area contributed by atoms with Crippen molar-refractivity contribution in [2.75, 3.05) is 53.1 Å². The van der Waals surface area contributed by atoms with Crippen LogP contribution in [0.3, 0.4) is 0 Å². The Hall–Kier alpha value is -3.11. The SMILES string of the molecule is COCCOc1ccc(C=CCOC(=O)NS(=O)(=O)NCCN2CCCC2)c(Oc2ncc(C(F)(F)F)cc2Cl)c1. The summed E-state index contributed by atoms with van der Waals surface area (Å²) in [6.07, 6.45) is -0.174. The minimum atomic E-state index is -4.63. The number of halogens is 4. The van der Waals surface area contributed by atoms with E-state index in [-0.39, 0.29) is 36.4 Å². The predicted molar refractivity (Wildman–Crippen MR) is 144 cm³/mol. The summed E-state index contributed by atoms with van der Waals surface area (Å²) in [5, 5.41) is -0.365. The fourth-order valence-electron chi connectivity index (χ4n) is 3.65. The molecule has 2 N–H and O–H groups in total. The first-order chi connectivity index (χ1) is 19.5.